The summed E-state index contributed by atoms with van der Waals surface area (Å²) in [6.45, 7) is 1.03. The summed E-state index contributed by atoms with van der Waals surface area (Å²) in [4.78, 5) is 0. The fourth-order valence-electron chi connectivity index (χ4n) is 0.766. The maximum absolute atomic E-state index is 5.38. The standard InChI is InChI=1S/C4H11OPSi/c6-7-4-2-1-3-5-7/h7H,1-4,6H2. The summed E-state index contributed by atoms with van der Waals surface area (Å²) in [7, 11) is 2.14. The van der Waals surface area contributed by atoms with Crippen molar-refractivity contribution >= 4 is 17.5 Å². The highest BCUT2D eigenvalue weighted by Crippen LogP contribution is 2.14. The summed E-state index contributed by atoms with van der Waals surface area (Å²) in [6.07, 6.45) is 2.69. The predicted molar refractivity (Wildman–Crippen MR) is 36.9 cm³/mol. The molecule has 2 atom stereocenters. The van der Waals surface area contributed by atoms with E-state index in [2.05, 4.69) is 8.79 Å². The fraction of sp³-hybridized carbons (Fsp3) is 1.00. The molecule has 0 aromatic carbocycles. The first-order valence-corrected chi connectivity index (χ1v) is 6.72. The second-order valence-corrected chi connectivity index (χ2v) is 6.12. The van der Waals surface area contributed by atoms with Crippen LogP contribution in [0.5, 0.6) is 0 Å². The number of hydrogen-bond donors (Lipinski definition) is 0. The van der Waals surface area contributed by atoms with Gasteiger partial charge in [-0.05, 0) is 12.5 Å². The minimum Gasteiger partial charge on any atom is -0.416 e. The highest BCUT2D eigenvalue weighted by molar-refractivity contribution is 7.60. The van der Waals surface area contributed by atoms with Crippen molar-refractivity contribution in [2.24, 2.45) is 0 Å². The van der Waals surface area contributed by atoms with Gasteiger partial charge in [0.1, 0.15) is 0 Å². The quantitative estimate of drug-likeness (QED) is 0.353. The van der Waals surface area contributed by atoms with Crippen molar-refractivity contribution in [3.05, 3.63) is 0 Å². The SMILES string of the molecule is P[SiH]1CCCCO1. The van der Waals surface area contributed by atoms with Gasteiger partial charge in [-0.15, -0.1) is 8.79 Å². The van der Waals surface area contributed by atoms with E-state index in [1.165, 1.54) is 18.9 Å². The Labute approximate surface area is 48.2 Å². The molecule has 0 aromatic heterocycles. The van der Waals surface area contributed by atoms with Gasteiger partial charge in [-0.2, -0.15) is 0 Å². The van der Waals surface area contributed by atoms with E-state index < -0.39 is 8.71 Å². The molecule has 0 saturated carbocycles. The van der Waals surface area contributed by atoms with Crippen LogP contribution in [-0.4, -0.2) is 15.3 Å². The van der Waals surface area contributed by atoms with Crippen LogP contribution in [0.4, 0.5) is 0 Å². The van der Waals surface area contributed by atoms with E-state index in [9.17, 15) is 0 Å². The Morgan fingerprint density at radius 1 is 1.43 bits per heavy atom. The molecular formula is C4H11OPSi. The minimum atomic E-state index is -0.678. The lowest BCUT2D eigenvalue weighted by Gasteiger charge is -2.15. The number of hydrogen-bond acceptors (Lipinski definition) is 1. The summed E-state index contributed by atoms with van der Waals surface area (Å²) in [5.41, 5.74) is 0. The number of rotatable bonds is 0. The molecule has 0 aliphatic carbocycles. The van der Waals surface area contributed by atoms with Crippen LogP contribution in [0.1, 0.15) is 12.8 Å². The first kappa shape index (κ1) is 5.74. The molecule has 1 saturated heterocycles. The van der Waals surface area contributed by atoms with E-state index in [4.69, 9.17) is 4.43 Å². The van der Waals surface area contributed by atoms with Crippen molar-refractivity contribution in [2.45, 2.75) is 18.9 Å². The molecule has 1 aliphatic heterocycles. The van der Waals surface area contributed by atoms with Gasteiger partial charge in [0.15, 0.2) is 8.71 Å². The second kappa shape index (κ2) is 2.80. The van der Waals surface area contributed by atoms with Gasteiger partial charge in [0.25, 0.3) is 0 Å². The molecule has 1 fully saturated rings. The molecule has 7 heavy (non-hydrogen) atoms. The minimum absolute atomic E-state index is 0.678. The Morgan fingerprint density at radius 3 is 2.57 bits per heavy atom. The van der Waals surface area contributed by atoms with Gasteiger partial charge in [0, 0.05) is 6.61 Å². The average molecular weight is 134 g/mol. The molecule has 0 aromatic rings. The highest BCUT2D eigenvalue weighted by atomic mass is 31.3. The lowest BCUT2D eigenvalue weighted by atomic mass is 10.4. The van der Waals surface area contributed by atoms with Crippen molar-refractivity contribution in [3.63, 3.8) is 0 Å². The van der Waals surface area contributed by atoms with E-state index in [1.54, 1.807) is 0 Å². The van der Waals surface area contributed by atoms with Crippen LogP contribution < -0.4 is 0 Å². The Balaban J connectivity index is 2.12. The maximum atomic E-state index is 5.38. The molecule has 1 nitrogen and oxygen atoms in total. The molecule has 0 amide bonds. The molecule has 3 heteroatoms. The molecule has 42 valence electrons. The van der Waals surface area contributed by atoms with Crippen LogP contribution in [0.25, 0.3) is 0 Å². The van der Waals surface area contributed by atoms with Gasteiger partial charge >= 0.3 is 0 Å². The van der Waals surface area contributed by atoms with Crippen molar-refractivity contribution in [2.75, 3.05) is 6.61 Å². The fourth-order valence-corrected chi connectivity index (χ4v) is 3.21. The first-order valence-electron chi connectivity index (χ1n) is 2.77. The first-order chi connectivity index (χ1) is 3.39. The van der Waals surface area contributed by atoms with Crippen molar-refractivity contribution in [1.82, 2.24) is 0 Å². The van der Waals surface area contributed by atoms with Crippen LogP contribution in [-0.2, 0) is 4.43 Å². The van der Waals surface area contributed by atoms with E-state index in [0.717, 1.165) is 6.61 Å². The van der Waals surface area contributed by atoms with Gasteiger partial charge in [-0.3, -0.25) is 0 Å². The Hall–Kier alpha value is 0.607. The normalized spacial score (nSPS) is 33.0. The van der Waals surface area contributed by atoms with Crippen molar-refractivity contribution < 1.29 is 4.43 Å². The molecule has 0 bridgehead atoms. The molecule has 1 rings (SSSR count). The van der Waals surface area contributed by atoms with E-state index >= 15 is 0 Å². The third kappa shape index (κ3) is 1.89. The van der Waals surface area contributed by atoms with Crippen molar-refractivity contribution in [3.8, 4) is 0 Å². The Kier molecular flexibility index (Phi) is 2.30. The predicted octanol–water partition coefficient (Wildman–Crippen LogP) is 0.892. The molecule has 0 spiro atoms. The molecule has 1 aliphatic rings. The molecular weight excluding hydrogens is 123 g/mol. The van der Waals surface area contributed by atoms with Gasteiger partial charge in [0.2, 0.25) is 0 Å². The summed E-state index contributed by atoms with van der Waals surface area (Å²) in [5.74, 6) is 0. The maximum Gasteiger partial charge on any atom is 0.196 e. The summed E-state index contributed by atoms with van der Waals surface area (Å²) >= 11 is 0. The highest BCUT2D eigenvalue weighted by Gasteiger charge is 2.08. The smallest absolute Gasteiger partial charge is 0.196 e. The van der Waals surface area contributed by atoms with Gasteiger partial charge in [-0.25, -0.2) is 0 Å². The summed E-state index contributed by atoms with van der Waals surface area (Å²) in [5, 5.41) is 0. The van der Waals surface area contributed by atoms with Crippen LogP contribution in [0.2, 0.25) is 6.04 Å². The largest absolute Gasteiger partial charge is 0.416 e. The topological polar surface area (TPSA) is 9.23 Å². The summed E-state index contributed by atoms with van der Waals surface area (Å²) < 4.78 is 5.38. The monoisotopic (exact) mass is 134 g/mol. The third-order valence-electron chi connectivity index (χ3n) is 1.21. The van der Waals surface area contributed by atoms with Crippen LogP contribution in [0.3, 0.4) is 0 Å². The van der Waals surface area contributed by atoms with Gasteiger partial charge in [-0.1, -0.05) is 6.42 Å². The molecule has 1 heterocycles. The zero-order chi connectivity index (χ0) is 5.11. The Bertz CT molecular complexity index is 53.7. The van der Waals surface area contributed by atoms with Gasteiger partial charge in [0.05, 0.1) is 0 Å². The van der Waals surface area contributed by atoms with E-state index in [-0.39, 0.29) is 0 Å². The third-order valence-corrected chi connectivity index (χ3v) is 4.43. The lowest BCUT2D eigenvalue weighted by Crippen LogP contribution is -2.15. The average Bonchev–Trinajstić information content (AvgIpc) is 1.69. The van der Waals surface area contributed by atoms with Crippen LogP contribution >= 0.6 is 8.79 Å². The zero-order valence-corrected chi connectivity index (χ0v) is 6.70. The zero-order valence-electron chi connectivity index (χ0n) is 4.39. The van der Waals surface area contributed by atoms with E-state index in [0.29, 0.717) is 0 Å². The van der Waals surface area contributed by atoms with E-state index in [1.807, 2.05) is 0 Å². The molecule has 0 N–H and O–H groups in total. The second-order valence-electron chi connectivity index (χ2n) is 1.91. The summed E-state index contributed by atoms with van der Waals surface area (Å²) in [6, 6.07) is 1.37. The van der Waals surface area contributed by atoms with Crippen molar-refractivity contribution in [1.29, 1.82) is 0 Å². The molecule has 0 radical (unpaired) electrons. The van der Waals surface area contributed by atoms with Crippen LogP contribution in [0.15, 0.2) is 0 Å². The van der Waals surface area contributed by atoms with Gasteiger partial charge < -0.3 is 4.43 Å². The lowest BCUT2D eigenvalue weighted by molar-refractivity contribution is 0.300. The van der Waals surface area contributed by atoms with Crippen LogP contribution in [0, 0.1) is 0 Å². The molecule has 2 unspecified atom stereocenters. The Morgan fingerprint density at radius 2 is 2.29 bits per heavy atom.